The van der Waals surface area contributed by atoms with E-state index in [1.165, 1.54) is 11.1 Å². The molecule has 0 spiro atoms. The van der Waals surface area contributed by atoms with Gasteiger partial charge in [-0.3, -0.25) is 9.36 Å². The Bertz CT molecular complexity index is 1200. The molecule has 26 heavy (non-hydrogen) atoms. The number of aromatic nitrogens is 3. The Morgan fingerprint density at radius 2 is 1.81 bits per heavy atom. The van der Waals surface area contributed by atoms with E-state index in [4.69, 9.17) is 11.6 Å². The van der Waals surface area contributed by atoms with Crippen molar-refractivity contribution >= 4 is 17.2 Å². The maximum absolute atomic E-state index is 13.0. The molecule has 0 saturated heterocycles. The predicted molar refractivity (Wildman–Crippen MR) is 105 cm³/mol. The lowest BCUT2D eigenvalue weighted by molar-refractivity contribution is 0.941. The highest BCUT2D eigenvalue weighted by atomic mass is 35.5. The van der Waals surface area contributed by atoms with Crippen molar-refractivity contribution in [1.82, 2.24) is 14.0 Å². The van der Waals surface area contributed by atoms with Gasteiger partial charge in [0.15, 0.2) is 0 Å². The van der Waals surface area contributed by atoms with E-state index in [2.05, 4.69) is 31.0 Å². The van der Waals surface area contributed by atoms with Crippen LogP contribution < -0.4 is 5.56 Å². The number of benzene rings is 2. The molecule has 0 saturated carbocycles. The van der Waals surface area contributed by atoms with Crippen LogP contribution in [0.15, 0.2) is 59.8 Å². The van der Waals surface area contributed by atoms with Gasteiger partial charge in [0.2, 0.25) is 5.65 Å². The third kappa shape index (κ3) is 2.63. The van der Waals surface area contributed by atoms with E-state index >= 15 is 0 Å². The summed E-state index contributed by atoms with van der Waals surface area (Å²) in [5, 5.41) is 0.633. The zero-order valence-corrected chi connectivity index (χ0v) is 15.6. The Morgan fingerprint density at radius 1 is 1.00 bits per heavy atom. The van der Waals surface area contributed by atoms with Crippen molar-refractivity contribution in [3.05, 3.63) is 87.1 Å². The average Bonchev–Trinajstić information content (AvgIpc) is 3.06. The van der Waals surface area contributed by atoms with Crippen molar-refractivity contribution < 1.29 is 0 Å². The van der Waals surface area contributed by atoms with Gasteiger partial charge < -0.3 is 4.40 Å². The standard InChI is InChI=1S/C21H18ClN3O/c1-13-7-8-16(11-14(13)2)18-12-24-9-10-25(21(26)20(24)23-18)19-6-4-5-17(22)15(19)3/h4-12H,1-3H3. The molecule has 0 N–H and O–H groups in total. The summed E-state index contributed by atoms with van der Waals surface area (Å²) in [6.45, 7) is 6.05. The van der Waals surface area contributed by atoms with E-state index in [0.717, 1.165) is 22.5 Å². The van der Waals surface area contributed by atoms with Gasteiger partial charge in [-0.25, -0.2) is 4.98 Å². The Morgan fingerprint density at radius 3 is 2.58 bits per heavy atom. The maximum atomic E-state index is 13.0. The second-order valence-corrected chi connectivity index (χ2v) is 6.92. The number of hydrogen-bond acceptors (Lipinski definition) is 2. The number of imidazole rings is 1. The molecule has 0 aliphatic heterocycles. The van der Waals surface area contributed by atoms with E-state index in [1.807, 2.05) is 43.6 Å². The topological polar surface area (TPSA) is 39.3 Å². The minimum atomic E-state index is -0.173. The monoisotopic (exact) mass is 363 g/mol. The molecule has 0 radical (unpaired) electrons. The molecule has 2 heterocycles. The molecular weight excluding hydrogens is 346 g/mol. The third-order valence-electron chi connectivity index (χ3n) is 4.82. The van der Waals surface area contributed by atoms with Crippen LogP contribution >= 0.6 is 11.6 Å². The van der Waals surface area contributed by atoms with Crippen molar-refractivity contribution in [2.45, 2.75) is 20.8 Å². The number of aryl methyl sites for hydroxylation is 2. The highest BCUT2D eigenvalue weighted by Gasteiger charge is 2.12. The molecule has 0 unspecified atom stereocenters. The molecular formula is C21H18ClN3O. The normalized spacial score (nSPS) is 11.2. The number of fused-ring (bicyclic) bond motifs is 1. The van der Waals surface area contributed by atoms with E-state index in [0.29, 0.717) is 10.7 Å². The molecule has 4 nitrogen and oxygen atoms in total. The van der Waals surface area contributed by atoms with Crippen molar-refractivity contribution in [1.29, 1.82) is 0 Å². The van der Waals surface area contributed by atoms with Crippen LogP contribution in [0.5, 0.6) is 0 Å². The molecule has 2 aromatic heterocycles. The van der Waals surface area contributed by atoms with Gasteiger partial charge in [-0.05, 0) is 55.7 Å². The summed E-state index contributed by atoms with van der Waals surface area (Å²) in [5.41, 5.74) is 6.06. The zero-order chi connectivity index (χ0) is 18.4. The summed E-state index contributed by atoms with van der Waals surface area (Å²) in [6.07, 6.45) is 5.48. The van der Waals surface area contributed by atoms with Crippen molar-refractivity contribution in [2.75, 3.05) is 0 Å². The van der Waals surface area contributed by atoms with Crippen molar-refractivity contribution in [2.24, 2.45) is 0 Å². The molecule has 0 amide bonds. The highest BCUT2D eigenvalue weighted by molar-refractivity contribution is 6.31. The number of halogens is 1. The number of rotatable bonds is 2. The van der Waals surface area contributed by atoms with Gasteiger partial charge in [0.25, 0.3) is 5.56 Å². The lowest BCUT2D eigenvalue weighted by Gasteiger charge is -2.10. The van der Waals surface area contributed by atoms with E-state index in [9.17, 15) is 4.79 Å². The van der Waals surface area contributed by atoms with Crippen LogP contribution in [0.4, 0.5) is 0 Å². The molecule has 5 heteroatoms. The van der Waals surface area contributed by atoms with Gasteiger partial charge >= 0.3 is 0 Å². The first-order valence-electron chi connectivity index (χ1n) is 8.39. The van der Waals surface area contributed by atoms with Crippen LogP contribution in [-0.2, 0) is 0 Å². The predicted octanol–water partition coefficient (Wildman–Crippen LogP) is 4.73. The number of hydrogen-bond donors (Lipinski definition) is 0. The van der Waals surface area contributed by atoms with Crippen LogP contribution in [0.25, 0.3) is 22.6 Å². The minimum Gasteiger partial charge on any atom is -0.300 e. The summed E-state index contributed by atoms with van der Waals surface area (Å²) in [5.74, 6) is 0. The largest absolute Gasteiger partial charge is 0.300 e. The first-order chi connectivity index (χ1) is 12.5. The zero-order valence-electron chi connectivity index (χ0n) is 14.8. The molecule has 4 rings (SSSR count). The quantitative estimate of drug-likeness (QED) is 0.516. The molecule has 4 aromatic rings. The molecule has 0 fully saturated rings. The maximum Gasteiger partial charge on any atom is 0.298 e. The fourth-order valence-corrected chi connectivity index (χ4v) is 3.24. The highest BCUT2D eigenvalue weighted by Crippen LogP contribution is 2.23. The van der Waals surface area contributed by atoms with Crippen LogP contribution in [0.2, 0.25) is 5.02 Å². The van der Waals surface area contributed by atoms with E-state index < -0.39 is 0 Å². The van der Waals surface area contributed by atoms with Gasteiger partial charge in [-0.15, -0.1) is 0 Å². The van der Waals surface area contributed by atoms with Crippen LogP contribution in [-0.4, -0.2) is 14.0 Å². The molecule has 0 atom stereocenters. The summed E-state index contributed by atoms with van der Waals surface area (Å²) in [4.78, 5) is 17.6. The smallest absolute Gasteiger partial charge is 0.298 e. The first kappa shape index (κ1) is 16.6. The van der Waals surface area contributed by atoms with Gasteiger partial charge in [-0.1, -0.05) is 29.8 Å². The lowest BCUT2D eigenvalue weighted by atomic mass is 10.1. The lowest BCUT2D eigenvalue weighted by Crippen LogP contribution is -2.20. The minimum absolute atomic E-state index is 0.173. The Labute approximate surface area is 156 Å². The molecule has 2 aromatic carbocycles. The molecule has 130 valence electrons. The van der Waals surface area contributed by atoms with Gasteiger partial charge in [0.1, 0.15) is 0 Å². The SMILES string of the molecule is Cc1ccc(-c2cn3ccn(-c4cccc(Cl)c4C)c(=O)c3n2)cc1C. The Balaban J connectivity index is 1.90. The average molecular weight is 364 g/mol. The van der Waals surface area contributed by atoms with Crippen LogP contribution in [0.1, 0.15) is 16.7 Å². The van der Waals surface area contributed by atoms with Crippen molar-refractivity contribution in [3.8, 4) is 16.9 Å². The summed E-state index contributed by atoms with van der Waals surface area (Å²) >= 11 is 6.21. The molecule has 0 aliphatic rings. The summed E-state index contributed by atoms with van der Waals surface area (Å²) in [6, 6.07) is 11.7. The number of nitrogens with zero attached hydrogens (tertiary/aromatic N) is 3. The van der Waals surface area contributed by atoms with Crippen LogP contribution in [0, 0.1) is 20.8 Å². The van der Waals surface area contributed by atoms with Gasteiger partial charge in [0.05, 0.1) is 11.4 Å². The van der Waals surface area contributed by atoms with Gasteiger partial charge in [-0.2, -0.15) is 0 Å². The molecule has 0 bridgehead atoms. The van der Waals surface area contributed by atoms with Crippen LogP contribution in [0.3, 0.4) is 0 Å². The van der Waals surface area contributed by atoms with Crippen molar-refractivity contribution in [3.63, 3.8) is 0 Å². The van der Waals surface area contributed by atoms with E-state index in [1.54, 1.807) is 15.2 Å². The van der Waals surface area contributed by atoms with E-state index in [-0.39, 0.29) is 5.56 Å². The fraction of sp³-hybridized carbons (Fsp3) is 0.143. The second-order valence-electron chi connectivity index (χ2n) is 6.51. The Kier molecular flexibility index (Phi) is 3.93. The third-order valence-corrected chi connectivity index (χ3v) is 5.23. The summed E-state index contributed by atoms with van der Waals surface area (Å²) in [7, 11) is 0. The fourth-order valence-electron chi connectivity index (χ4n) is 3.07. The summed E-state index contributed by atoms with van der Waals surface area (Å²) < 4.78 is 3.36. The Hall–Kier alpha value is -2.85. The molecule has 0 aliphatic carbocycles. The first-order valence-corrected chi connectivity index (χ1v) is 8.77. The van der Waals surface area contributed by atoms with Gasteiger partial charge in [0, 0.05) is 29.2 Å². The second kappa shape index (κ2) is 6.15.